The summed E-state index contributed by atoms with van der Waals surface area (Å²) in [6, 6.07) is 72.3. The van der Waals surface area contributed by atoms with E-state index >= 15 is 0 Å². The van der Waals surface area contributed by atoms with E-state index in [1.807, 2.05) is 12.1 Å². The normalized spacial score (nSPS) is 13.1. The Bertz CT molecular complexity index is 3840. The van der Waals surface area contributed by atoms with Crippen LogP contribution in [0, 0.1) is 0 Å². The molecule has 0 atom stereocenters. The summed E-state index contributed by atoms with van der Waals surface area (Å²) in [4.78, 5) is 2.46. The maximum absolute atomic E-state index is 6.94. The van der Waals surface area contributed by atoms with Crippen LogP contribution in [0.3, 0.4) is 0 Å². The molecule has 1 aliphatic carbocycles. The van der Waals surface area contributed by atoms with Gasteiger partial charge in [-0.05, 0) is 111 Å². The molecule has 12 aromatic rings. The van der Waals surface area contributed by atoms with Crippen molar-refractivity contribution >= 4 is 93.1 Å². The van der Waals surface area contributed by atoms with Gasteiger partial charge in [-0.25, -0.2) is 0 Å². The lowest BCUT2D eigenvalue weighted by molar-refractivity contribution is 0.669. The summed E-state index contributed by atoms with van der Waals surface area (Å²) in [6.45, 7) is 0. The fourth-order valence-electron chi connectivity index (χ4n) is 10.1. The Balaban J connectivity index is 0.971. The van der Waals surface area contributed by atoms with E-state index in [0.29, 0.717) is 0 Å². The largest absolute Gasteiger partial charge is 0.456 e. The molecule has 2 aromatic heterocycles. The minimum atomic E-state index is 0.871. The Morgan fingerprint density at radius 3 is 1.78 bits per heavy atom. The van der Waals surface area contributed by atoms with Gasteiger partial charge in [0.15, 0.2) is 0 Å². The molecule has 0 amide bonds. The van der Waals surface area contributed by atoms with Gasteiger partial charge in [0.05, 0.1) is 0 Å². The summed E-state index contributed by atoms with van der Waals surface area (Å²) >= 11 is 0. The minimum Gasteiger partial charge on any atom is -0.456 e. The third-order valence-corrected chi connectivity index (χ3v) is 13.2. The van der Waals surface area contributed by atoms with Gasteiger partial charge in [-0.2, -0.15) is 0 Å². The Labute approximate surface area is 364 Å². The number of fused-ring (bicyclic) bond motifs is 11. The van der Waals surface area contributed by atoms with Gasteiger partial charge in [-0.3, -0.25) is 0 Å². The lowest BCUT2D eigenvalue weighted by atomic mass is 9.92. The van der Waals surface area contributed by atoms with E-state index in [1.54, 1.807) is 0 Å². The van der Waals surface area contributed by atoms with Crippen molar-refractivity contribution in [2.75, 3.05) is 4.90 Å². The van der Waals surface area contributed by atoms with Crippen molar-refractivity contribution in [1.29, 1.82) is 0 Å². The van der Waals surface area contributed by atoms with E-state index in [9.17, 15) is 0 Å². The SMILES string of the molecule is C1=CC(c2cccc3c2oc2c4ccccc4ccc32)=C(N(c2ccc(-c3ccc4oc5ccccc5c4c3)cc2)c2ccc(-c3cccc4c3ccc3ccccc34)cc2)CC1. The summed E-state index contributed by atoms with van der Waals surface area (Å²) in [5, 5.41) is 11.9. The van der Waals surface area contributed by atoms with Crippen LogP contribution in [0.5, 0.6) is 0 Å². The Kier molecular flexibility index (Phi) is 8.04. The molecule has 1 aliphatic rings. The predicted molar refractivity (Wildman–Crippen MR) is 265 cm³/mol. The van der Waals surface area contributed by atoms with E-state index in [4.69, 9.17) is 8.83 Å². The highest BCUT2D eigenvalue weighted by Crippen LogP contribution is 2.44. The van der Waals surface area contributed by atoms with Gasteiger partial charge < -0.3 is 13.7 Å². The van der Waals surface area contributed by atoms with Gasteiger partial charge in [0.25, 0.3) is 0 Å². The zero-order valence-corrected chi connectivity index (χ0v) is 34.4. The highest BCUT2D eigenvalue weighted by molar-refractivity contribution is 6.17. The number of allylic oxidation sites excluding steroid dienone is 4. The molecule has 0 saturated heterocycles. The van der Waals surface area contributed by atoms with Crippen LogP contribution in [0.25, 0.3) is 104 Å². The smallest absolute Gasteiger partial charge is 0.143 e. The van der Waals surface area contributed by atoms with E-state index in [1.165, 1.54) is 49.3 Å². The van der Waals surface area contributed by atoms with Crippen LogP contribution in [-0.4, -0.2) is 0 Å². The standard InChI is InChI=1S/C60H39NO2/c1-3-13-45-39(11-1)27-34-49-46(17-9-18-48(45)49)41-25-32-44(33-26-41)61(43-30-23-38(24-31-43)42-29-36-58-55(37-42)51-16-6-8-22-57(51)62-58)56-21-7-5-15-50(56)52-19-10-20-53-54-35-28-40-12-2-4-14-47(40)59(54)63-60(52)53/h1-6,8-20,22-37H,7,21H2. The van der Waals surface area contributed by atoms with Crippen molar-refractivity contribution in [3.8, 4) is 22.3 Å². The lowest BCUT2D eigenvalue weighted by Crippen LogP contribution is -2.19. The number of para-hydroxylation sites is 2. The van der Waals surface area contributed by atoms with Crippen LogP contribution in [-0.2, 0) is 0 Å². The quantitative estimate of drug-likeness (QED) is 0.157. The average molecular weight is 806 g/mol. The fraction of sp³-hybridized carbons (Fsp3) is 0.0333. The average Bonchev–Trinajstić information content (AvgIpc) is 3.93. The molecule has 10 aromatic carbocycles. The number of hydrogen-bond donors (Lipinski definition) is 0. The van der Waals surface area contributed by atoms with E-state index in [0.717, 1.165) is 90.2 Å². The number of benzene rings is 10. The number of hydrogen-bond acceptors (Lipinski definition) is 3. The summed E-state index contributed by atoms with van der Waals surface area (Å²) in [6.07, 6.45) is 6.42. The maximum Gasteiger partial charge on any atom is 0.143 e. The zero-order chi connectivity index (χ0) is 41.4. The molecule has 13 rings (SSSR count). The summed E-state index contributed by atoms with van der Waals surface area (Å²) in [5.74, 6) is 0. The zero-order valence-electron chi connectivity index (χ0n) is 34.4. The number of nitrogens with zero attached hydrogens (tertiary/aromatic N) is 1. The monoisotopic (exact) mass is 805 g/mol. The van der Waals surface area contributed by atoms with Crippen molar-refractivity contribution in [3.63, 3.8) is 0 Å². The van der Waals surface area contributed by atoms with Crippen LogP contribution < -0.4 is 4.90 Å². The minimum absolute atomic E-state index is 0.871. The van der Waals surface area contributed by atoms with E-state index in [2.05, 4.69) is 205 Å². The van der Waals surface area contributed by atoms with Crippen molar-refractivity contribution in [2.24, 2.45) is 0 Å². The second-order valence-corrected chi connectivity index (χ2v) is 16.7. The van der Waals surface area contributed by atoms with Crippen molar-refractivity contribution in [2.45, 2.75) is 12.8 Å². The molecule has 63 heavy (non-hydrogen) atoms. The molecule has 3 heteroatoms. The van der Waals surface area contributed by atoms with Gasteiger partial charge in [0.1, 0.15) is 22.3 Å². The van der Waals surface area contributed by atoms with Crippen molar-refractivity contribution in [1.82, 2.24) is 0 Å². The second kappa shape index (κ2) is 14.2. The molecule has 0 fully saturated rings. The number of rotatable bonds is 6. The summed E-state index contributed by atoms with van der Waals surface area (Å²) < 4.78 is 13.1. The molecule has 0 N–H and O–H groups in total. The third-order valence-electron chi connectivity index (χ3n) is 13.2. The fourth-order valence-corrected chi connectivity index (χ4v) is 10.1. The Hall–Kier alpha value is -8.14. The third kappa shape index (κ3) is 5.74. The molecule has 0 radical (unpaired) electrons. The highest BCUT2D eigenvalue weighted by Gasteiger charge is 2.24. The number of furan rings is 2. The summed E-state index contributed by atoms with van der Waals surface area (Å²) in [5.41, 5.74) is 14.1. The number of anilines is 2. The van der Waals surface area contributed by atoms with Gasteiger partial charge in [0.2, 0.25) is 0 Å². The van der Waals surface area contributed by atoms with Crippen molar-refractivity contribution in [3.05, 3.63) is 224 Å². The topological polar surface area (TPSA) is 29.5 Å². The molecule has 2 heterocycles. The first-order chi connectivity index (χ1) is 31.2. The molecule has 0 aliphatic heterocycles. The van der Waals surface area contributed by atoms with Crippen LogP contribution >= 0.6 is 0 Å². The van der Waals surface area contributed by atoms with Gasteiger partial charge in [-0.1, -0.05) is 164 Å². The van der Waals surface area contributed by atoms with Crippen LogP contribution in [0.2, 0.25) is 0 Å². The van der Waals surface area contributed by atoms with Crippen LogP contribution in [0.15, 0.2) is 227 Å². The van der Waals surface area contributed by atoms with Gasteiger partial charge >= 0.3 is 0 Å². The first-order valence-electron chi connectivity index (χ1n) is 21.8. The van der Waals surface area contributed by atoms with Crippen LogP contribution in [0.4, 0.5) is 11.4 Å². The molecule has 296 valence electrons. The predicted octanol–water partition coefficient (Wildman–Crippen LogP) is 17.2. The van der Waals surface area contributed by atoms with E-state index < -0.39 is 0 Å². The molecular formula is C60H39NO2. The van der Waals surface area contributed by atoms with Crippen molar-refractivity contribution < 1.29 is 8.83 Å². The molecular weight excluding hydrogens is 767 g/mol. The molecule has 0 unspecified atom stereocenters. The molecule has 3 nitrogen and oxygen atoms in total. The molecule has 0 saturated carbocycles. The van der Waals surface area contributed by atoms with Gasteiger partial charge in [-0.15, -0.1) is 0 Å². The molecule has 0 spiro atoms. The van der Waals surface area contributed by atoms with E-state index in [-0.39, 0.29) is 0 Å². The Morgan fingerprint density at radius 2 is 0.968 bits per heavy atom. The second-order valence-electron chi connectivity index (χ2n) is 16.7. The van der Waals surface area contributed by atoms with Gasteiger partial charge in [0, 0.05) is 55.1 Å². The first-order valence-corrected chi connectivity index (χ1v) is 21.8. The Morgan fingerprint density at radius 1 is 0.365 bits per heavy atom. The first kappa shape index (κ1) is 35.6. The summed E-state index contributed by atoms with van der Waals surface area (Å²) in [7, 11) is 0. The lowest BCUT2D eigenvalue weighted by Gasteiger charge is -2.31. The van der Waals surface area contributed by atoms with Crippen LogP contribution in [0.1, 0.15) is 18.4 Å². The highest BCUT2D eigenvalue weighted by atomic mass is 16.3. The molecule has 0 bridgehead atoms. The maximum atomic E-state index is 6.94.